The Hall–Kier alpha value is -0.570. The molecule has 0 aromatic heterocycles. The lowest BCUT2D eigenvalue weighted by atomic mass is 9.87. The van der Waals surface area contributed by atoms with E-state index < -0.39 is 0 Å². The van der Waals surface area contributed by atoms with Crippen molar-refractivity contribution in [2.75, 3.05) is 13.2 Å². The number of ether oxygens (including phenoxy) is 1. The monoisotopic (exact) mass is 199 g/mol. The van der Waals surface area contributed by atoms with Crippen molar-refractivity contribution in [2.24, 2.45) is 11.7 Å². The van der Waals surface area contributed by atoms with Gasteiger partial charge in [0.05, 0.1) is 13.0 Å². The third kappa shape index (κ3) is 4.61. The van der Waals surface area contributed by atoms with Crippen LogP contribution in [0.3, 0.4) is 0 Å². The van der Waals surface area contributed by atoms with Gasteiger partial charge in [0, 0.05) is 6.54 Å². The minimum Gasteiger partial charge on any atom is -0.466 e. The Labute approximate surface area is 86.0 Å². The first-order valence-electron chi connectivity index (χ1n) is 5.68. The number of hydrogen-bond acceptors (Lipinski definition) is 3. The molecule has 82 valence electrons. The normalized spacial score (nSPS) is 18.1. The van der Waals surface area contributed by atoms with E-state index in [0.717, 1.165) is 12.3 Å². The lowest BCUT2D eigenvalue weighted by Gasteiger charge is -2.20. The summed E-state index contributed by atoms with van der Waals surface area (Å²) in [7, 11) is 0. The first kappa shape index (κ1) is 11.5. The molecule has 1 aliphatic rings. The predicted molar refractivity (Wildman–Crippen MR) is 55.8 cm³/mol. The van der Waals surface area contributed by atoms with E-state index in [9.17, 15) is 4.79 Å². The number of hydrogen-bond donors (Lipinski definition) is 1. The second-order valence-electron chi connectivity index (χ2n) is 4.05. The fourth-order valence-corrected chi connectivity index (χ4v) is 2.01. The molecule has 0 heterocycles. The van der Waals surface area contributed by atoms with Crippen molar-refractivity contribution in [1.29, 1.82) is 0 Å². The van der Waals surface area contributed by atoms with Crippen LogP contribution in [0.1, 0.15) is 44.9 Å². The number of esters is 1. The summed E-state index contributed by atoms with van der Waals surface area (Å²) in [4.78, 5) is 11.0. The first-order chi connectivity index (χ1) is 6.83. The van der Waals surface area contributed by atoms with Crippen molar-refractivity contribution in [1.82, 2.24) is 0 Å². The van der Waals surface area contributed by atoms with E-state index in [1.54, 1.807) is 0 Å². The quantitative estimate of drug-likeness (QED) is 0.687. The van der Waals surface area contributed by atoms with Crippen LogP contribution in [-0.2, 0) is 9.53 Å². The molecule has 0 radical (unpaired) electrons. The molecule has 0 aromatic carbocycles. The van der Waals surface area contributed by atoms with Crippen molar-refractivity contribution in [3.05, 3.63) is 0 Å². The van der Waals surface area contributed by atoms with Gasteiger partial charge in [0.15, 0.2) is 0 Å². The van der Waals surface area contributed by atoms with E-state index >= 15 is 0 Å². The second-order valence-corrected chi connectivity index (χ2v) is 4.05. The fourth-order valence-electron chi connectivity index (χ4n) is 2.01. The van der Waals surface area contributed by atoms with Gasteiger partial charge < -0.3 is 10.5 Å². The zero-order valence-corrected chi connectivity index (χ0v) is 8.84. The van der Waals surface area contributed by atoms with Crippen LogP contribution in [0, 0.1) is 5.92 Å². The topological polar surface area (TPSA) is 52.3 Å². The molecule has 0 unspecified atom stereocenters. The van der Waals surface area contributed by atoms with Gasteiger partial charge in [-0.3, -0.25) is 4.79 Å². The van der Waals surface area contributed by atoms with E-state index in [2.05, 4.69) is 0 Å². The van der Waals surface area contributed by atoms with E-state index in [1.807, 2.05) is 0 Å². The Morgan fingerprint density at radius 1 is 1.29 bits per heavy atom. The zero-order valence-electron chi connectivity index (χ0n) is 8.84. The van der Waals surface area contributed by atoms with Crippen molar-refractivity contribution >= 4 is 5.97 Å². The van der Waals surface area contributed by atoms with Crippen LogP contribution in [0.5, 0.6) is 0 Å². The van der Waals surface area contributed by atoms with E-state index in [1.165, 1.54) is 32.1 Å². The van der Waals surface area contributed by atoms with Gasteiger partial charge in [-0.2, -0.15) is 0 Å². The molecule has 14 heavy (non-hydrogen) atoms. The number of carbonyl (C=O) groups excluding carboxylic acids is 1. The minimum absolute atomic E-state index is 0.150. The van der Waals surface area contributed by atoms with Gasteiger partial charge in [-0.25, -0.2) is 0 Å². The third-order valence-electron chi connectivity index (χ3n) is 2.86. The fraction of sp³-hybridized carbons (Fsp3) is 0.909. The maximum Gasteiger partial charge on any atom is 0.307 e. The standard InChI is InChI=1S/C11H21NO2/c12-8-6-11(13)14-9-7-10-4-2-1-3-5-10/h10H,1-9,12H2. The molecule has 1 fully saturated rings. The highest BCUT2D eigenvalue weighted by Gasteiger charge is 2.13. The molecule has 0 bridgehead atoms. The van der Waals surface area contributed by atoms with E-state index in [-0.39, 0.29) is 5.97 Å². The molecule has 2 N–H and O–H groups in total. The van der Waals surface area contributed by atoms with E-state index in [4.69, 9.17) is 10.5 Å². The van der Waals surface area contributed by atoms with Crippen LogP contribution in [0.4, 0.5) is 0 Å². The van der Waals surface area contributed by atoms with Gasteiger partial charge in [0.1, 0.15) is 0 Å². The van der Waals surface area contributed by atoms with Gasteiger partial charge in [-0.1, -0.05) is 32.1 Å². The maximum atomic E-state index is 11.0. The summed E-state index contributed by atoms with van der Waals surface area (Å²) in [6, 6.07) is 0. The Morgan fingerprint density at radius 2 is 2.00 bits per heavy atom. The SMILES string of the molecule is NCCC(=O)OCCC1CCCCC1. The molecule has 3 heteroatoms. The predicted octanol–water partition coefficient (Wildman–Crippen LogP) is 1.85. The van der Waals surface area contributed by atoms with Crippen molar-refractivity contribution < 1.29 is 9.53 Å². The van der Waals surface area contributed by atoms with Crippen LogP contribution in [-0.4, -0.2) is 19.1 Å². The summed E-state index contributed by atoms with van der Waals surface area (Å²) in [5.74, 6) is 0.637. The molecular formula is C11H21NO2. The Bertz CT molecular complexity index is 165. The van der Waals surface area contributed by atoms with Gasteiger partial charge in [0.25, 0.3) is 0 Å². The van der Waals surface area contributed by atoms with E-state index in [0.29, 0.717) is 19.6 Å². The lowest BCUT2D eigenvalue weighted by Crippen LogP contribution is -2.14. The molecule has 0 aliphatic heterocycles. The Kier molecular flexibility index (Phi) is 5.60. The summed E-state index contributed by atoms with van der Waals surface area (Å²) in [5.41, 5.74) is 5.24. The average Bonchev–Trinajstić information content (AvgIpc) is 2.20. The summed E-state index contributed by atoms with van der Waals surface area (Å²) in [6.45, 7) is 0.978. The zero-order chi connectivity index (χ0) is 10.2. The molecule has 0 saturated heterocycles. The lowest BCUT2D eigenvalue weighted by molar-refractivity contribution is -0.143. The Morgan fingerprint density at radius 3 is 2.64 bits per heavy atom. The van der Waals surface area contributed by atoms with Crippen molar-refractivity contribution in [3.8, 4) is 0 Å². The maximum absolute atomic E-state index is 11.0. The number of nitrogens with two attached hydrogens (primary N) is 1. The summed E-state index contributed by atoms with van der Waals surface area (Å²) in [5, 5.41) is 0. The molecule has 1 aliphatic carbocycles. The van der Waals surface area contributed by atoms with Gasteiger partial charge in [0.2, 0.25) is 0 Å². The van der Waals surface area contributed by atoms with Gasteiger partial charge in [-0.15, -0.1) is 0 Å². The minimum atomic E-state index is -0.150. The largest absolute Gasteiger partial charge is 0.466 e. The third-order valence-corrected chi connectivity index (χ3v) is 2.86. The molecule has 1 rings (SSSR count). The summed E-state index contributed by atoms with van der Waals surface area (Å²) in [6.07, 6.45) is 8.09. The Balaban J connectivity index is 1.99. The molecule has 0 aromatic rings. The van der Waals surface area contributed by atoms with Crippen LogP contribution in [0.2, 0.25) is 0 Å². The first-order valence-corrected chi connectivity index (χ1v) is 5.68. The van der Waals surface area contributed by atoms with Crippen LogP contribution in [0.25, 0.3) is 0 Å². The van der Waals surface area contributed by atoms with Crippen LogP contribution < -0.4 is 5.73 Å². The van der Waals surface area contributed by atoms with Gasteiger partial charge in [-0.05, 0) is 12.3 Å². The highest BCUT2D eigenvalue weighted by atomic mass is 16.5. The number of rotatable bonds is 5. The molecule has 3 nitrogen and oxygen atoms in total. The second kappa shape index (κ2) is 6.82. The average molecular weight is 199 g/mol. The van der Waals surface area contributed by atoms with Gasteiger partial charge >= 0.3 is 5.97 Å². The van der Waals surface area contributed by atoms with Crippen molar-refractivity contribution in [2.45, 2.75) is 44.9 Å². The van der Waals surface area contributed by atoms with Crippen molar-refractivity contribution in [3.63, 3.8) is 0 Å². The molecule has 0 atom stereocenters. The van der Waals surface area contributed by atoms with Crippen LogP contribution >= 0.6 is 0 Å². The smallest absolute Gasteiger partial charge is 0.307 e. The molecule has 0 spiro atoms. The molecular weight excluding hydrogens is 178 g/mol. The number of carbonyl (C=O) groups is 1. The molecule has 1 saturated carbocycles. The van der Waals surface area contributed by atoms with Crippen LogP contribution in [0.15, 0.2) is 0 Å². The summed E-state index contributed by atoms with van der Waals surface area (Å²) < 4.78 is 5.07. The highest BCUT2D eigenvalue weighted by molar-refractivity contribution is 5.69. The summed E-state index contributed by atoms with van der Waals surface area (Å²) >= 11 is 0. The molecule has 0 amide bonds. The highest BCUT2D eigenvalue weighted by Crippen LogP contribution is 2.25.